The van der Waals surface area contributed by atoms with E-state index in [0.29, 0.717) is 17.9 Å². The number of carbonyl (C=O) groups is 1. The van der Waals surface area contributed by atoms with Gasteiger partial charge in [-0.05, 0) is 37.8 Å². The van der Waals surface area contributed by atoms with Gasteiger partial charge in [-0.2, -0.15) is 0 Å². The van der Waals surface area contributed by atoms with Crippen LogP contribution in [0.2, 0.25) is 0 Å². The number of anilines is 1. The van der Waals surface area contributed by atoms with Gasteiger partial charge < -0.3 is 9.69 Å². The van der Waals surface area contributed by atoms with Crippen molar-refractivity contribution in [1.29, 1.82) is 0 Å². The predicted molar refractivity (Wildman–Crippen MR) is 87.8 cm³/mol. The molecule has 0 aliphatic carbocycles. The van der Waals surface area contributed by atoms with Gasteiger partial charge in [-0.15, -0.1) is 0 Å². The molecule has 2 heterocycles. The highest BCUT2D eigenvalue weighted by Crippen LogP contribution is 2.28. The number of hydrogen-bond donors (Lipinski definition) is 0. The minimum Gasteiger partial charge on any atom is -0.356 e. The Labute approximate surface area is 135 Å². The lowest BCUT2D eigenvalue weighted by Gasteiger charge is -2.40. The Morgan fingerprint density at radius 1 is 1.30 bits per heavy atom. The van der Waals surface area contributed by atoms with Crippen LogP contribution in [0.25, 0.3) is 11.3 Å². The fourth-order valence-corrected chi connectivity index (χ4v) is 2.78. The van der Waals surface area contributed by atoms with Gasteiger partial charge in [0.1, 0.15) is 23.7 Å². The SMILES string of the molecule is CC(=O)CCC1CN(c2cc(-c3ccc(C)c(F)c3)ncn2)C1. The maximum absolute atomic E-state index is 13.7. The highest BCUT2D eigenvalue weighted by molar-refractivity contribution is 5.75. The fourth-order valence-electron chi connectivity index (χ4n) is 2.78. The van der Waals surface area contributed by atoms with Crippen molar-refractivity contribution in [2.75, 3.05) is 18.0 Å². The number of carbonyl (C=O) groups excluding carboxylic acids is 1. The Balaban J connectivity index is 1.69. The predicted octanol–water partition coefficient (Wildman–Crippen LogP) is 3.40. The van der Waals surface area contributed by atoms with E-state index in [4.69, 9.17) is 0 Å². The second-order valence-electron chi connectivity index (χ2n) is 6.24. The molecule has 0 atom stereocenters. The van der Waals surface area contributed by atoms with Crippen LogP contribution in [0.15, 0.2) is 30.6 Å². The quantitative estimate of drug-likeness (QED) is 0.849. The molecule has 5 heteroatoms. The molecule has 0 radical (unpaired) electrons. The van der Waals surface area contributed by atoms with Crippen LogP contribution in [0.5, 0.6) is 0 Å². The normalized spacial score (nSPS) is 14.7. The summed E-state index contributed by atoms with van der Waals surface area (Å²) in [5.41, 5.74) is 2.10. The Hall–Kier alpha value is -2.30. The summed E-state index contributed by atoms with van der Waals surface area (Å²) in [5, 5.41) is 0. The van der Waals surface area contributed by atoms with Crippen molar-refractivity contribution in [2.24, 2.45) is 5.92 Å². The Bertz CT molecular complexity index is 726. The Morgan fingerprint density at radius 2 is 2.09 bits per heavy atom. The second kappa shape index (κ2) is 6.44. The maximum Gasteiger partial charge on any atom is 0.132 e. The standard InChI is InChI=1S/C18H20FN3O/c1-12-3-6-15(7-16(12)19)17-8-18(21-11-20-17)22-9-14(10-22)5-4-13(2)23/h3,6-8,11,14H,4-5,9-10H2,1-2H3. The summed E-state index contributed by atoms with van der Waals surface area (Å²) in [6.45, 7) is 5.19. The molecule has 120 valence electrons. The highest BCUT2D eigenvalue weighted by Gasteiger charge is 2.27. The first-order chi connectivity index (χ1) is 11.0. The van der Waals surface area contributed by atoms with Crippen LogP contribution in [0.1, 0.15) is 25.3 Å². The molecule has 1 aromatic heterocycles. The molecule has 1 aliphatic rings. The topological polar surface area (TPSA) is 46.1 Å². The fraction of sp³-hybridized carbons (Fsp3) is 0.389. The molecular formula is C18H20FN3O. The van der Waals surface area contributed by atoms with Gasteiger partial charge in [0.25, 0.3) is 0 Å². The lowest BCUT2D eigenvalue weighted by molar-refractivity contribution is -0.117. The third-order valence-electron chi connectivity index (χ3n) is 4.31. The number of halogens is 1. The smallest absolute Gasteiger partial charge is 0.132 e. The molecule has 1 aliphatic heterocycles. The van der Waals surface area contributed by atoms with Gasteiger partial charge in [0.2, 0.25) is 0 Å². The molecule has 0 bridgehead atoms. The van der Waals surface area contributed by atoms with Crippen LogP contribution in [0, 0.1) is 18.7 Å². The van der Waals surface area contributed by atoms with E-state index < -0.39 is 0 Å². The third kappa shape index (κ3) is 3.55. The van der Waals surface area contributed by atoms with Gasteiger partial charge in [0.15, 0.2) is 0 Å². The second-order valence-corrected chi connectivity index (χ2v) is 6.24. The van der Waals surface area contributed by atoms with E-state index in [1.165, 1.54) is 12.4 Å². The summed E-state index contributed by atoms with van der Waals surface area (Å²) in [5.74, 6) is 1.43. The number of rotatable bonds is 5. The zero-order chi connectivity index (χ0) is 16.4. The van der Waals surface area contributed by atoms with Crippen molar-refractivity contribution in [1.82, 2.24) is 9.97 Å². The molecular weight excluding hydrogens is 293 g/mol. The number of ketones is 1. The summed E-state index contributed by atoms with van der Waals surface area (Å²) in [7, 11) is 0. The van der Waals surface area contributed by atoms with Crippen LogP contribution in [-0.4, -0.2) is 28.8 Å². The summed E-state index contributed by atoms with van der Waals surface area (Å²) in [4.78, 5) is 21.8. The largest absolute Gasteiger partial charge is 0.356 e. The molecule has 0 amide bonds. The highest BCUT2D eigenvalue weighted by atomic mass is 19.1. The first kappa shape index (κ1) is 15.6. The zero-order valence-electron chi connectivity index (χ0n) is 13.4. The lowest BCUT2D eigenvalue weighted by atomic mass is 9.94. The molecule has 3 rings (SSSR count). The van der Waals surface area contributed by atoms with Crippen LogP contribution < -0.4 is 4.90 Å². The van der Waals surface area contributed by atoms with E-state index in [1.807, 2.05) is 12.1 Å². The lowest BCUT2D eigenvalue weighted by Crippen LogP contribution is -2.47. The molecule has 0 unspecified atom stereocenters. The monoisotopic (exact) mass is 313 g/mol. The minimum atomic E-state index is -0.226. The van der Waals surface area contributed by atoms with Crippen LogP contribution in [0.3, 0.4) is 0 Å². The van der Waals surface area contributed by atoms with Gasteiger partial charge in [0.05, 0.1) is 5.69 Å². The van der Waals surface area contributed by atoms with E-state index in [9.17, 15) is 9.18 Å². The Morgan fingerprint density at radius 3 is 2.78 bits per heavy atom. The molecule has 23 heavy (non-hydrogen) atoms. The average Bonchev–Trinajstić information content (AvgIpc) is 2.48. The van der Waals surface area contributed by atoms with Crippen molar-refractivity contribution < 1.29 is 9.18 Å². The first-order valence-corrected chi connectivity index (χ1v) is 7.86. The van der Waals surface area contributed by atoms with Gasteiger partial charge in [-0.1, -0.05) is 12.1 Å². The number of nitrogens with zero attached hydrogens (tertiary/aromatic N) is 3. The van der Waals surface area contributed by atoms with E-state index in [2.05, 4.69) is 14.9 Å². The summed E-state index contributed by atoms with van der Waals surface area (Å²) >= 11 is 0. The van der Waals surface area contributed by atoms with Crippen molar-refractivity contribution in [2.45, 2.75) is 26.7 Å². The number of hydrogen-bond acceptors (Lipinski definition) is 4. The molecule has 0 saturated carbocycles. The molecule has 4 nitrogen and oxygen atoms in total. The molecule has 1 saturated heterocycles. The van der Waals surface area contributed by atoms with Crippen molar-refractivity contribution in [3.05, 3.63) is 42.0 Å². The van der Waals surface area contributed by atoms with Gasteiger partial charge >= 0.3 is 0 Å². The summed E-state index contributed by atoms with van der Waals surface area (Å²) < 4.78 is 13.7. The van der Waals surface area contributed by atoms with E-state index >= 15 is 0 Å². The van der Waals surface area contributed by atoms with Gasteiger partial charge in [0, 0.05) is 31.1 Å². The summed E-state index contributed by atoms with van der Waals surface area (Å²) in [6.07, 6.45) is 3.11. The van der Waals surface area contributed by atoms with E-state index in [1.54, 1.807) is 19.9 Å². The van der Waals surface area contributed by atoms with Crippen LogP contribution in [-0.2, 0) is 4.79 Å². The molecule has 1 fully saturated rings. The van der Waals surface area contributed by atoms with E-state index in [0.717, 1.165) is 36.6 Å². The molecule has 0 N–H and O–H groups in total. The van der Waals surface area contributed by atoms with Crippen molar-refractivity contribution >= 4 is 11.6 Å². The average molecular weight is 313 g/mol. The zero-order valence-corrected chi connectivity index (χ0v) is 13.4. The molecule has 1 aromatic carbocycles. The number of aryl methyl sites for hydroxylation is 1. The van der Waals surface area contributed by atoms with Crippen LogP contribution in [0.4, 0.5) is 10.2 Å². The number of Topliss-reactive ketones (excluding diaryl/α,β-unsaturated/α-hetero) is 1. The van der Waals surface area contributed by atoms with Gasteiger partial charge in [-0.3, -0.25) is 0 Å². The van der Waals surface area contributed by atoms with E-state index in [-0.39, 0.29) is 11.6 Å². The number of benzene rings is 1. The summed E-state index contributed by atoms with van der Waals surface area (Å²) in [6, 6.07) is 7.03. The maximum atomic E-state index is 13.7. The Kier molecular flexibility index (Phi) is 4.37. The number of aromatic nitrogens is 2. The first-order valence-electron chi connectivity index (χ1n) is 7.86. The molecule has 0 spiro atoms. The van der Waals surface area contributed by atoms with Crippen molar-refractivity contribution in [3.8, 4) is 11.3 Å². The van der Waals surface area contributed by atoms with Crippen LogP contribution >= 0.6 is 0 Å². The minimum absolute atomic E-state index is 0.226. The van der Waals surface area contributed by atoms with Crippen molar-refractivity contribution in [3.63, 3.8) is 0 Å². The van der Waals surface area contributed by atoms with Gasteiger partial charge in [-0.25, -0.2) is 14.4 Å². The molecule has 2 aromatic rings. The third-order valence-corrected chi connectivity index (χ3v) is 4.31.